The maximum Gasteiger partial charge on any atom is 0.389 e. The molecular weight excluding hydrogens is 257 g/mol. The molecule has 17 heavy (non-hydrogen) atoms. The Labute approximate surface area is 105 Å². The minimum atomic E-state index is -4.25. The molecule has 0 bridgehead atoms. The highest BCUT2D eigenvalue weighted by Gasteiger charge is 2.28. The summed E-state index contributed by atoms with van der Waals surface area (Å²) >= 11 is 0. The SMILES string of the molecule is CC1CC(NC(=O)CCC(F)(F)F)CCN1.Cl. The van der Waals surface area contributed by atoms with E-state index in [4.69, 9.17) is 0 Å². The number of hydrogen-bond donors (Lipinski definition) is 2. The summed E-state index contributed by atoms with van der Waals surface area (Å²) in [5.74, 6) is -0.503. The second-order valence-electron chi connectivity index (χ2n) is 4.26. The van der Waals surface area contributed by atoms with Gasteiger partial charge in [0.15, 0.2) is 0 Å². The second-order valence-corrected chi connectivity index (χ2v) is 4.26. The van der Waals surface area contributed by atoms with Crippen molar-refractivity contribution in [1.82, 2.24) is 10.6 Å². The van der Waals surface area contributed by atoms with Gasteiger partial charge >= 0.3 is 6.18 Å². The van der Waals surface area contributed by atoms with Gasteiger partial charge in [0, 0.05) is 18.5 Å². The van der Waals surface area contributed by atoms with Crippen LogP contribution in [-0.4, -0.2) is 30.7 Å². The summed E-state index contributed by atoms with van der Waals surface area (Å²) in [6.07, 6.45) is -4.21. The molecule has 2 atom stereocenters. The highest BCUT2D eigenvalue weighted by atomic mass is 35.5. The lowest BCUT2D eigenvalue weighted by atomic mass is 10.0. The van der Waals surface area contributed by atoms with E-state index in [2.05, 4.69) is 10.6 Å². The number of nitrogens with one attached hydrogen (secondary N) is 2. The molecule has 0 aromatic carbocycles. The van der Waals surface area contributed by atoms with Crippen molar-refractivity contribution >= 4 is 18.3 Å². The zero-order chi connectivity index (χ0) is 12.2. The number of piperidine rings is 1. The molecule has 102 valence electrons. The molecule has 0 saturated carbocycles. The Hall–Kier alpha value is -0.490. The summed E-state index contributed by atoms with van der Waals surface area (Å²) in [7, 11) is 0. The molecule has 1 heterocycles. The molecule has 1 amide bonds. The molecule has 1 aliphatic rings. The van der Waals surface area contributed by atoms with Gasteiger partial charge in [0.25, 0.3) is 0 Å². The van der Waals surface area contributed by atoms with E-state index in [1.165, 1.54) is 0 Å². The van der Waals surface area contributed by atoms with Crippen LogP contribution in [0.3, 0.4) is 0 Å². The molecule has 2 N–H and O–H groups in total. The number of halogens is 4. The number of hydrogen-bond acceptors (Lipinski definition) is 2. The number of carbonyl (C=O) groups excluding carboxylic acids is 1. The van der Waals surface area contributed by atoms with Crippen molar-refractivity contribution < 1.29 is 18.0 Å². The lowest BCUT2D eigenvalue weighted by molar-refractivity contribution is -0.144. The van der Waals surface area contributed by atoms with Crippen molar-refractivity contribution in [3.05, 3.63) is 0 Å². The Balaban J connectivity index is 0.00000256. The van der Waals surface area contributed by atoms with Gasteiger partial charge in [-0.2, -0.15) is 13.2 Å². The topological polar surface area (TPSA) is 41.1 Å². The summed E-state index contributed by atoms with van der Waals surface area (Å²) in [5.41, 5.74) is 0. The van der Waals surface area contributed by atoms with Gasteiger partial charge in [0.05, 0.1) is 6.42 Å². The molecule has 0 aromatic heterocycles. The highest BCUT2D eigenvalue weighted by Crippen LogP contribution is 2.21. The van der Waals surface area contributed by atoms with Crippen molar-refractivity contribution in [2.24, 2.45) is 0 Å². The van der Waals surface area contributed by atoms with Crippen LogP contribution in [0.2, 0.25) is 0 Å². The van der Waals surface area contributed by atoms with Crippen LogP contribution in [0.1, 0.15) is 32.6 Å². The molecular formula is C10H18ClF3N2O. The zero-order valence-corrected chi connectivity index (χ0v) is 10.5. The average Bonchev–Trinajstić information content (AvgIpc) is 2.14. The molecule has 0 spiro atoms. The quantitative estimate of drug-likeness (QED) is 0.827. The molecule has 1 fully saturated rings. The van der Waals surface area contributed by atoms with Crippen LogP contribution >= 0.6 is 12.4 Å². The van der Waals surface area contributed by atoms with E-state index in [9.17, 15) is 18.0 Å². The van der Waals surface area contributed by atoms with Crippen molar-refractivity contribution in [3.8, 4) is 0 Å². The first-order valence-corrected chi connectivity index (χ1v) is 5.46. The number of amides is 1. The van der Waals surface area contributed by atoms with E-state index in [1.54, 1.807) is 0 Å². The third-order valence-electron chi connectivity index (χ3n) is 2.62. The Kier molecular flexibility index (Phi) is 6.85. The van der Waals surface area contributed by atoms with Crippen LogP contribution in [0.15, 0.2) is 0 Å². The summed E-state index contributed by atoms with van der Waals surface area (Å²) < 4.78 is 35.6. The van der Waals surface area contributed by atoms with Crippen LogP contribution in [-0.2, 0) is 4.79 Å². The lowest BCUT2D eigenvalue weighted by Gasteiger charge is -2.28. The number of alkyl halides is 3. The van der Waals surface area contributed by atoms with E-state index >= 15 is 0 Å². The van der Waals surface area contributed by atoms with E-state index in [1.807, 2.05) is 6.92 Å². The minimum Gasteiger partial charge on any atom is -0.353 e. The Morgan fingerprint density at radius 1 is 1.47 bits per heavy atom. The summed E-state index contributed by atoms with van der Waals surface area (Å²) in [4.78, 5) is 11.2. The Morgan fingerprint density at radius 2 is 2.12 bits per heavy atom. The van der Waals surface area contributed by atoms with E-state index < -0.39 is 24.9 Å². The van der Waals surface area contributed by atoms with Gasteiger partial charge in [-0.25, -0.2) is 0 Å². The van der Waals surface area contributed by atoms with Crippen LogP contribution in [0, 0.1) is 0 Å². The largest absolute Gasteiger partial charge is 0.389 e. The first-order chi connectivity index (χ1) is 7.37. The van der Waals surface area contributed by atoms with Gasteiger partial charge in [-0.1, -0.05) is 0 Å². The molecule has 0 aliphatic carbocycles. The van der Waals surface area contributed by atoms with Crippen molar-refractivity contribution in [1.29, 1.82) is 0 Å². The third kappa shape index (κ3) is 7.44. The van der Waals surface area contributed by atoms with Gasteiger partial charge in [0.1, 0.15) is 0 Å². The molecule has 1 rings (SSSR count). The molecule has 1 aliphatic heterocycles. The van der Waals surface area contributed by atoms with Crippen molar-refractivity contribution in [2.75, 3.05) is 6.54 Å². The fraction of sp³-hybridized carbons (Fsp3) is 0.900. The van der Waals surface area contributed by atoms with Crippen LogP contribution in [0.5, 0.6) is 0 Å². The molecule has 0 radical (unpaired) electrons. The van der Waals surface area contributed by atoms with Gasteiger partial charge in [-0.15, -0.1) is 12.4 Å². The van der Waals surface area contributed by atoms with Gasteiger partial charge < -0.3 is 10.6 Å². The third-order valence-corrected chi connectivity index (χ3v) is 2.62. The molecule has 7 heteroatoms. The zero-order valence-electron chi connectivity index (χ0n) is 9.64. The second kappa shape index (κ2) is 7.06. The first kappa shape index (κ1) is 16.5. The standard InChI is InChI=1S/C10H17F3N2O.ClH/c1-7-6-8(3-5-14-7)15-9(16)2-4-10(11,12)13;/h7-8,14H,2-6H2,1H3,(H,15,16);1H. The monoisotopic (exact) mass is 274 g/mol. The van der Waals surface area contributed by atoms with Crippen molar-refractivity contribution in [2.45, 2.75) is 50.9 Å². The smallest absolute Gasteiger partial charge is 0.353 e. The van der Waals surface area contributed by atoms with Gasteiger partial charge in [-0.3, -0.25) is 4.79 Å². The number of carbonyl (C=O) groups is 1. The predicted octanol–water partition coefficient (Wildman–Crippen LogP) is 2.01. The minimum absolute atomic E-state index is 0. The van der Waals surface area contributed by atoms with Crippen molar-refractivity contribution in [3.63, 3.8) is 0 Å². The Morgan fingerprint density at radius 3 is 2.65 bits per heavy atom. The normalized spacial score (nSPS) is 24.9. The summed E-state index contributed by atoms with van der Waals surface area (Å²) in [5, 5.41) is 5.85. The van der Waals surface area contributed by atoms with E-state index in [0.29, 0.717) is 6.04 Å². The lowest BCUT2D eigenvalue weighted by Crippen LogP contribution is -2.46. The van der Waals surface area contributed by atoms with Crippen LogP contribution in [0.4, 0.5) is 13.2 Å². The molecule has 2 unspecified atom stereocenters. The van der Waals surface area contributed by atoms with Crippen LogP contribution < -0.4 is 10.6 Å². The molecule has 1 saturated heterocycles. The molecule has 0 aromatic rings. The van der Waals surface area contributed by atoms with Gasteiger partial charge in [0.2, 0.25) is 5.91 Å². The highest BCUT2D eigenvalue weighted by molar-refractivity contribution is 5.85. The van der Waals surface area contributed by atoms with E-state index in [-0.39, 0.29) is 18.4 Å². The summed E-state index contributed by atoms with van der Waals surface area (Å²) in [6, 6.07) is 0.318. The molecule has 3 nitrogen and oxygen atoms in total. The average molecular weight is 275 g/mol. The fourth-order valence-electron chi connectivity index (χ4n) is 1.82. The Bertz CT molecular complexity index is 248. The predicted molar refractivity (Wildman–Crippen MR) is 61.2 cm³/mol. The van der Waals surface area contributed by atoms with Gasteiger partial charge in [-0.05, 0) is 26.3 Å². The van der Waals surface area contributed by atoms with E-state index in [0.717, 1.165) is 19.4 Å². The fourth-order valence-corrected chi connectivity index (χ4v) is 1.82. The summed E-state index contributed by atoms with van der Waals surface area (Å²) in [6.45, 7) is 2.79. The number of rotatable bonds is 3. The maximum absolute atomic E-state index is 11.9. The maximum atomic E-state index is 11.9. The first-order valence-electron chi connectivity index (χ1n) is 5.46. The van der Waals surface area contributed by atoms with Crippen LogP contribution in [0.25, 0.3) is 0 Å².